The van der Waals surface area contributed by atoms with Crippen molar-refractivity contribution in [3.63, 3.8) is 0 Å². The number of aliphatic carboxylic acids is 2. The van der Waals surface area contributed by atoms with Crippen LogP contribution in [0.3, 0.4) is 0 Å². The number of phenolic OH excluding ortho intramolecular Hbond substituents is 2. The zero-order valence-electron chi connectivity index (χ0n) is 22.9. The molecular weight excluding hydrogens is 622 g/mol. The van der Waals surface area contributed by atoms with Crippen molar-refractivity contribution in [3.8, 4) is 11.5 Å². The van der Waals surface area contributed by atoms with Crippen molar-refractivity contribution >= 4 is 63.7 Å². The highest BCUT2D eigenvalue weighted by Crippen LogP contribution is 2.40. The lowest BCUT2D eigenvalue weighted by Gasteiger charge is -2.49. The predicted octanol–water partition coefficient (Wildman–Crippen LogP) is 0.872. The average Bonchev–Trinajstić information content (AvgIpc) is 3.40. The van der Waals surface area contributed by atoms with Gasteiger partial charge in [-0.15, -0.1) is 23.1 Å². The zero-order valence-corrected chi connectivity index (χ0v) is 24.5. The number of ether oxygens (including phenoxy) is 1. The number of anilines is 1. The van der Waals surface area contributed by atoms with Crippen LogP contribution < -0.4 is 11.1 Å². The van der Waals surface area contributed by atoms with Crippen molar-refractivity contribution in [1.82, 2.24) is 15.2 Å². The number of fused-ring (bicyclic) bond motifs is 1. The number of esters is 1. The fourth-order valence-electron chi connectivity index (χ4n) is 3.83. The Hall–Kier alpha value is -5.10. The number of thioether (sulfide) groups is 1. The van der Waals surface area contributed by atoms with Crippen LogP contribution in [0.2, 0.25) is 0 Å². The number of nitrogens with zero attached hydrogens (tertiary/aromatic N) is 3. The molecule has 1 fully saturated rings. The number of carboxylic acid groups (broad SMARTS) is 2. The quantitative estimate of drug-likeness (QED) is 0.0651. The van der Waals surface area contributed by atoms with E-state index >= 15 is 0 Å². The van der Waals surface area contributed by atoms with Gasteiger partial charge in [0.15, 0.2) is 22.3 Å². The largest absolute Gasteiger partial charge is 0.504 e. The Bertz CT molecular complexity index is 1630. The van der Waals surface area contributed by atoms with E-state index in [1.165, 1.54) is 49.2 Å². The lowest BCUT2D eigenvalue weighted by atomic mass is 10.0. The summed E-state index contributed by atoms with van der Waals surface area (Å²) in [6.45, 7) is 2.17. The lowest BCUT2D eigenvalue weighted by Crippen LogP contribution is -2.71. The molecule has 2 aromatic rings. The number of β-lactam (4-membered cyclic amide) rings is 1. The van der Waals surface area contributed by atoms with Gasteiger partial charge in [0.1, 0.15) is 29.4 Å². The van der Waals surface area contributed by atoms with Crippen LogP contribution in [0.15, 0.2) is 52.2 Å². The van der Waals surface area contributed by atoms with E-state index in [-0.39, 0.29) is 40.0 Å². The number of nitrogens with one attached hydrogen (secondary N) is 1. The fraction of sp³-hybridized carbons (Fsp3) is 0.269. The normalized spacial score (nSPS) is 18.5. The summed E-state index contributed by atoms with van der Waals surface area (Å²) in [6, 6.07) is 2.25. The number of thiazole rings is 1. The van der Waals surface area contributed by atoms with E-state index in [1.807, 2.05) is 0 Å². The van der Waals surface area contributed by atoms with Crippen LogP contribution in [0.1, 0.15) is 29.9 Å². The van der Waals surface area contributed by atoms with Gasteiger partial charge in [-0.1, -0.05) is 11.2 Å². The second kappa shape index (κ2) is 12.6. The molecule has 2 aliphatic rings. The molecule has 1 saturated heterocycles. The Kier molecular flexibility index (Phi) is 9.14. The number of carbonyl (C=O) groups excluding carboxylic acids is 3. The van der Waals surface area contributed by atoms with Gasteiger partial charge >= 0.3 is 17.9 Å². The summed E-state index contributed by atoms with van der Waals surface area (Å²) >= 11 is 2.16. The van der Waals surface area contributed by atoms with Crippen molar-refractivity contribution in [1.29, 1.82) is 0 Å². The molecule has 7 N–H and O–H groups in total. The topological polar surface area (TPSA) is 251 Å². The molecule has 1 aromatic carbocycles. The second-order valence-corrected chi connectivity index (χ2v) is 11.7. The van der Waals surface area contributed by atoms with Crippen molar-refractivity contribution in [3.05, 3.63) is 58.3 Å². The molecule has 44 heavy (non-hydrogen) atoms. The number of hydrogen-bond donors (Lipinski definition) is 6. The highest BCUT2D eigenvalue weighted by molar-refractivity contribution is 8.00. The van der Waals surface area contributed by atoms with E-state index in [0.29, 0.717) is 0 Å². The van der Waals surface area contributed by atoms with E-state index < -0.39 is 63.9 Å². The number of hydrogen-bond acceptors (Lipinski definition) is 14. The number of rotatable bonds is 11. The van der Waals surface area contributed by atoms with Crippen molar-refractivity contribution in [2.75, 3.05) is 18.1 Å². The molecule has 232 valence electrons. The molecule has 0 unspecified atom stereocenters. The van der Waals surface area contributed by atoms with E-state index in [9.17, 15) is 44.4 Å². The number of allylic oxidation sites excluding steroid dienone is 1. The highest BCUT2D eigenvalue weighted by atomic mass is 32.2. The summed E-state index contributed by atoms with van der Waals surface area (Å²) in [4.78, 5) is 72.0. The van der Waals surface area contributed by atoms with Gasteiger partial charge in [-0.05, 0) is 43.7 Å². The molecule has 1 aromatic heterocycles. The summed E-state index contributed by atoms with van der Waals surface area (Å²) < 4.78 is 5.08. The third-order valence-electron chi connectivity index (χ3n) is 6.19. The van der Waals surface area contributed by atoms with Gasteiger partial charge in [0.2, 0.25) is 5.60 Å². The molecule has 3 heterocycles. The maximum atomic E-state index is 13.2. The number of oxime groups is 1. The SMILES string of the molecule is CC(C)(O/N=C(\C(=O)N[C@@H]1C(=O)N2C(C(=O)O)=C(/C=C/COC(=O)c3ccc(O)c(O)c3)CS[C@H]12)c1csc(N)n1)C(=O)O. The Labute approximate surface area is 256 Å². The number of benzene rings is 1. The van der Waals surface area contributed by atoms with Gasteiger partial charge in [0, 0.05) is 11.1 Å². The predicted molar refractivity (Wildman–Crippen MR) is 155 cm³/mol. The number of carbonyl (C=O) groups is 5. The summed E-state index contributed by atoms with van der Waals surface area (Å²) in [6.07, 6.45) is 2.77. The van der Waals surface area contributed by atoms with Crippen LogP contribution in [0.5, 0.6) is 11.5 Å². The third kappa shape index (κ3) is 6.60. The molecule has 0 saturated carbocycles. The molecule has 2 aliphatic heterocycles. The van der Waals surface area contributed by atoms with Gasteiger partial charge in [0.25, 0.3) is 11.8 Å². The molecule has 16 nitrogen and oxygen atoms in total. The summed E-state index contributed by atoms with van der Waals surface area (Å²) in [5.74, 6) is -5.97. The van der Waals surface area contributed by atoms with E-state index in [4.69, 9.17) is 15.3 Å². The molecule has 0 aliphatic carbocycles. The van der Waals surface area contributed by atoms with Gasteiger partial charge in [0.05, 0.1) is 5.56 Å². The molecule has 2 atom stereocenters. The van der Waals surface area contributed by atoms with Crippen LogP contribution >= 0.6 is 23.1 Å². The van der Waals surface area contributed by atoms with Gasteiger partial charge in [-0.3, -0.25) is 14.5 Å². The molecule has 18 heteroatoms. The number of nitrogen functional groups attached to an aromatic ring is 1. The van der Waals surface area contributed by atoms with Crippen molar-refractivity contribution < 1.29 is 54.0 Å². The van der Waals surface area contributed by atoms with Crippen LogP contribution in [-0.2, 0) is 28.8 Å². The maximum absolute atomic E-state index is 13.2. The van der Waals surface area contributed by atoms with Crippen molar-refractivity contribution in [2.24, 2.45) is 5.16 Å². The zero-order chi connectivity index (χ0) is 32.3. The number of aromatic hydroxyl groups is 2. The van der Waals surface area contributed by atoms with E-state index in [1.54, 1.807) is 0 Å². The Morgan fingerprint density at radius 2 is 1.95 bits per heavy atom. The summed E-state index contributed by atoms with van der Waals surface area (Å²) in [5, 5.41) is 44.9. The summed E-state index contributed by atoms with van der Waals surface area (Å²) in [5.41, 5.74) is 3.32. The molecule has 2 amide bonds. The Morgan fingerprint density at radius 3 is 2.57 bits per heavy atom. The standard InChI is InChI=1S/C26H25N5O11S2/c1-26(2,24(39)40)42-30-16(13-10-44-25(27)28-13)19(34)29-17-20(35)31-18(22(36)37)12(9-43-21(17)31)4-3-7-41-23(38)11-5-6-14(32)15(33)8-11/h3-6,8,10,17,21,32-33H,7,9H2,1-2H3,(H2,27,28)(H,29,34)(H,36,37)(H,39,40)/b4-3+,30-16-/t17-,21-/m1/s1. The minimum atomic E-state index is -1.80. The first-order valence-corrected chi connectivity index (χ1v) is 14.4. The maximum Gasteiger partial charge on any atom is 0.352 e. The smallest absolute Gasteiger partial charge is 0.352 e. The lowest BCUT2D eigenvalue weighted by molar-refractivity contribution is -0.161. The Balaban J connectivity index is 1.46. The van der Waals surface area contributed by atoms with Crippen LogP contribution in [0.4, 0.5) is 5.13 Å². The third-order valence-corrected chi connectivity index (χ3v) is 8.16. The van der Waals surface area contributed by atoms with Crippen LogP contribution in [0, 0.1) is 0 Å². The molecular formula is C26H25N5O11S2. The second-order valence-electron chi connectivity index (χ2n) is 9.66. The summed E-state index contributed by atoms with van der Waals surface area (Å²) in [7, 11) is 0. The molecule has 0 radical (unpaired) electrons. The monoisotopic (exact) mass is 647 g/mol. The number of phenols is 2. The van der Waals surface area contributed by atoms with Crippen LogP contribution in [0.25, 0.3) is 0 Å². The first-order valence-electron chi connectivity index (χ1n) is 12.5. The van der Waals surface area contributed by atoms with E-state index in [2.05, 4.69) is 15.5 Å². The number of amides is 2. The first-order chi connectivity index (χ1) is 20.7. The average molecular weight is 648 g/mol. The Morgan fingerprint density at radius 1 is 1.23 bits per heavy atom. The number of aromatic nitrogens is 1. The van der Waals surface area contributed by atoms with Gasteiger partial charge in [-0.25, -0.2) is 19.4 Å². The molecule has 4 rings (SSSR count). The van der Waals surface area contributed by atoms with Gasteiger partial charge < -0.3 is 41.1 Å². The first kappa shape index (κ1) is 31.8. The number of carboxylic acids is 2. The molecule has 0 bridgehead atoms. The van der Waals surface area contributed by atoms with Crippen molar-refractivity contribution in [2.45, 2.75) is 30.9 Å². The fourth-order valence-corrected chi connectivity index (χ4v) is 5.69. The van der Waals surface area contributed by atoms with Crippen LogP contribution in [-0.4, -0.2) is 95.1 Å². The molecule has 0 spiro atoms. The minimum absolute atomic E-state index is 0.0157. The highest BCUT2D eigenvalue weighted by Gasteiger charge is 2.54. The van der Waals surface area contributed by atoms with Gasteiger partial charge in [-0.2, -0.15) is 0 Å². The van der Waals surface area contributed by atoms with E-state index in [0.717, 1.165) is 28.4 Å². The minimum Gasteiger partial charge on any atom is -0.504 e. The number of nitrogens with two attached hydrogens (primary N) is 1.